The minimum Gasteiger partial charge on any atom is -0.494 e. The molecule has 2 aromatic carbocycles. The monoisotopic (exact) mass is 534 g/mol. The molecule has 0 fully saturated rings. The fourth-order valence-electron chi connectivity index (χ4n) is 5.69. The molecule has 0 bridgehead atoms. The maximum atomic E-state index is 12.7. The van der Waals surface area contributed by atoms with E-state index in [1.165, 1.54) is 10.1 Å². The van der Waals surface area contributed by atoms with Crippen LogP contribution in [0, 0.1) is 5.41 Å². The van der Waals surface area contributed by atoms with Crippen LogP contribution in [0.15, 0.2) is 48.5 Å². The molecule has 1 aliphatic heterocycles. The Balaban J connectivity index is 1.60. The van der Waals surface area contributed by atoms with E-state index in [4.69, 9.17) is 9.47 Å². The van der Waals surface area contributed by atoms with E-state index in [0.29, 0.717) is 30.8 Å². The highest BCUT2D eigenvalue weighted by molar-refractivity contribution is 5.94. The molecule has 4 rings (SSSR count). The number of fused-ring (bicyclic) bond motifs is 3. The molecule has 0 saturated heterocycles. The number of esters is 1. The Morgan fingerprint density at radius 2 is 1.74 bits per heavy atom. The Kier molecular flexibility index (Phi) is 8.40. The molecule has 1 N–H and O–H groups in total. The molecule has 7 heteroatoms. The lowest BCUT2D eigenvalue weighted by Crippen LogP contribution is -2.44. The molecule has 0 aliphatic carbocycles. The molecular formula is C32H42N2O5. The average molecular weight is 535 g/mol. The number of carboxylic acid groups (broad SMARTS) is 1. The van der Waals surface area contributed by atoms with Gasteiger partial charge in [0.05, 0.1) is 30.3 Å². The van der Waals surface area contributed by atoms with Gasteiger partial charge in [-0.2, -0.15) is 0 Å². The molecule has 0 amide bonds. The molecule has 0 saturated carbocycles. The van der Waals surface area contributed by atoms with Gasteiger partial charge in [-0.15, -0.1) is 0 Å². The van der Waals surface area contributed by atoms with E-state index in [-0.39, 0.29) is 23.8 Å². The molecule has 3 aromatic rings. The summed E-state index contributed by atoms with van der Waals surface area (Å²) in [5.74, 6) is 0.427. The third-order valence-electron chi connectivity index (χ3n) is 7.11. The van der Waals surface area contributed by atoms with E-state index in [2.05, 4.69) is 37.8 Å². The summed E-state index contributed by atoms with van der Waals surface area (Å²) in [5, 5.41) is 11.4. The highest BCUT2D eigenvalue weighted by Gasteiger charge is 2.41. The van der Waals surface area contributed by atoms with Crippen molar-refractivity contribution in [2.75, 3.05) is 19.7 Å². The quantitative estimate of drug-likeness (QED) is 0.251. The number of hydrogen-bond donors (Lipinski definition) is 1. The summed E-state index contributed by atoms with van der Waals surface area (Å²) in [6.07, 6.45) is 1.76. The van der Waals surface area contributed by atoms with Crippen molar-refractivity contribution in [1.82, 2.24) is 9.47 Å². The first-order valence-electron chi connectivity index (χ1n) is 13.9. The summed E-state index contributed by atoms with van der Waals surface area (Å²) >= 11 is 0. The van der Waals surface area contributed by atoms with Gasteiger partial charge in [0, 0.05) is 24.5 Å². The normalized spacial score (nSPS) is 16.2. The SMILES string of the molecule is CC(C)(C)OC(=O)CCN1CCc2c(n(C(=O)O)c3cc(OCCCc4ccccc4)ccc23)C1C(C)(C)C. The third kappa shape index (κ3) is 6.82. The van der Waals surface area contributed by atoms with Gasteiger partial charge in [0.2, 0.25) is 0 Å². The van der Waals surface area contributed by atoms with Gasteiger partial charge in [0.1, 0.15) is 11.4 Å². The van der Waals surface area contributed by atoms with Crippen LogP contribution in [0.5, 0.6) is 5.75 Å². The van der Waals surface area contributed by atoms with E-state index in [0.717, 1.165) is 36.0 Å². The molecule has 1 atom stereocenters. The van der Waals surface area contributed by atoms with Gasteiger partial charge < -0.3 is 14.6 Å². The predicted molar refractivity (Wildman–Crippen MR) is 154 cm³/mol. The Bertz CT molecular complexity index is 1310. The number of benzene rings is 2. The minimum atomic E-state index is -1.01. The molecule has 1 aromatic heterocycles. The second-order valence-electron chi connectivity index (χ2n) is 12.5. The van der Waals surface area contributed by atoms with Gasteiger partial charge in [-0.25, -0.2) is 9.36 Å². The van der Waals surface area contributed by atoms with Gasteiger partial charge in [0.15, 0.2) is 0 Å². The highest BCUT2D eigenvalue weighted by atomic mass is 16.6. The standard InChI is InChI=1S/C32H42N2O5/c1-31(2,3)29-28-25(16-18-33(29)19-17-27(35)39-32(4,5)6)24-15-14-23(21-26(24)34(28)30(36)37)38-20-10-13-22-11-8-7-9-12-22/h7-9,11-12,14-15,21,29H,10,13,16-20H2,1-6H3,(H,36,37). The molecule has 39 heavy (non-hydrogen) atoms. The van der Waals surface area contributed by atoms with Crippen LogP contribution in [0.4, 0.5) is 4.79 Å². The van der Waals surface area contributed by atoms with Gasteiger partial charge in [0.25, 0.3) is 0 Å². The van der Waals surface area contributed by atoms with Crippen LogP contribution in [0.3, 0.4) is 0 Å². The number of aromatic nitrogens is 1. The molecule has 0 radical (unpaired) electrons. The fourth-order valence-corrected chi connectivity index (χ4v) is 5.69. The molecular weight excluding hydrogens is 492 g/mol. The van der Waals surface area contributed by atoms with E-state index >= 15 is 0 Å². The zero-order valence-corrected chi connectivity index (χ0v) is 24.1. The molecule has 1 aliphatic rings. The van der Waals surface area contributed by atoms with Crippen LogP contribution in [-0.4, -0.2) is 51.9 Å². The summed E-state index contributed by atoms with van der Waals surface area (Å²) in [5.41, 5.74) is 2.98. The Morgan fingerprint density at radius 3 is 2.38 bits per heavy atom. The summed E-state index contributed by atoms with van der Waals surface area (Å²) in [4.78, 5) is 27.4. The van der Waals surface area contributed by atoms with Crippen LogP contribution >= 0.6 is 0 Å². The number of carbonyl (C=O) groups is 2. The fraction of sp³-hybridized carbons (Fsp3) is 0.500. The van der Waals surface area contributed by atoms with Crippen LogP contribution in [0.2, 0.25) is 0 Å². The van der Waals surface area contributed by atoms with Crippen molar-refractivity contribution in [3.05, 3.63) is 65.4 Å². The summed E-state index contributed by atoms with van der Waals surface area (Å²) in [6, 6.07) is 15.9. The Morgan fingerprint density at radius 1 is 1.03 bits per heavy atom. The number of ether oxygens (including phenoxy) is 2. The van der Waals surface area contributed by atoms with Crippen LogP contribution in [-0.2, 0) is 22.4 Å². The molecule has 2 heterocycles. The van der Waals surface area contributed by atoms with Crippen molar-refractivity contribution in [1.29, 1.82) is 0 Å². The summed E-state index contributed by atoms with van der Waals surface area (Å²) < 4.78 is 13.0. The number of carbonyl (C=O) groups excluding carboxylic acids is 1. The third-order valence-corrected chi connectivity index (χ3v) is 7.11. The molecule has 0 spiro atoms. The number of nitrogens with zero attached hydrogens (tertiary/aromatic N) is 2. The van der Waals surface area contributed by atoms with E-state index in [1.807, 2.05) is 57.2 Å². The van der Waals surface area contributed by atoms with Gasteiger partial charge >= 0.3 is 12.1 Å². The smallest absolute Gasteiger partial charge is 0.416 e. The first kappa shape index (κ1) is 28.7. The summed E-state index contributed by atoms with van der Waals surface area (Å²) in [7, 11) is 0. The average Bonchev–Trinajstić information content (AvgIpc) is 3.17. The Labute approximate surface area is 231 Å². The lowest BCUT2D eigenvalue weighted by atomic mass is 9.79. The van der Waals surface area contributed by atoms with Crippen LogP contribution in [0.1, 0.15) is 77.2 Å². The zero-order chi connectivity index (χ0) is 28.4. The number of rotatable bonds is 8. The van der Waals surface area contributed by atoms with Crippen molar-refractivity contribution in [3.63, 3.8) is 0 Å². The van der Waals surface area contributed by atoms with Crippen LogP contribution in [0.25, 0.3) is 10.9 Å². The van der Waals surface area contributed by atoms with E-state index < -0.39 is 11.7 Å². The second kappa shape index (κ2) is 11.4. The first-order valence-corrected chi connectivity index (χ1v) is 13.9. The number of aryl methyl sites for hydroxylation is 1. The summed E-state index contributed by atoms with van der Waals surface area (Å²) in [6.45, 7) is 13.8. The zero-order valence-electron chi connectivity index (χ0n) is 24.1. The minimum absolute atomic E-state index is 0.178. The second-order valence-corrected chi connectivity index (χ2v) is 12.5. The topological polar surface area (TPSA) is 81.0 Å². The Hall–Kier alpha value is -3.32. The van der Waals surface area contributed by atoms with Crippen molar-refractivity contribution < 1.29 is 24.2 Å². The van der Waals surface area contributed by atoms with Crippen molar-refractivity contribution in [3.8, 4) is 5.75 Å². The van der Waals surface area contributed by atoms with Crippen molar-refractivity contribution in [2.24, 2.45) is 5.41 Å². The van der Waals surface area contributed by atoms with Gasteiger partial charge in [-0.05, 0) is 68.7 Å². The van der Waals surface area contributed by atoms with E-state index in [9.17, 15) is 14.7 Å². The van der Waals surface area contributed by atoms with Crippen molar-refractivity contribution >= 4 is 23.0 Å². The maximum Gasteiger partial charge on any atom is 0.416 e. The maximum absolute atomic E-state index is 12.7. The first-order chi connectivity index (χ1) is 18.3. The van der Waals surface area contributed by atoms with Crippen molar-refractivity contribution in [2.45, 2.75) is 78.9 Å². The largest absolute Gasteiger partial charge is 0.494 e. The number of hydrogen-bond acceptors (Lipinski definition) is 5. The van der Waals surface area contributed by atoms with Gasteiger partial charge in [-0.3, -0.25) is 9.69 Å². The lowest BCUT2D eigenvalue weighted by Gasteiger charge is -2.43. The molecule has 7 nitrogen and oxygen atoms in total. The van der Waals surface area contributed by atoms with E-state index in [1.54, 1.807) is 0 Å². The lowest BCUT2D eigenvalue weighted by molar-refractivity contribution is -0.155. The van der Waals surface area contributed by atoms with Gasteiger partial charge in [-0.1, -0.05) is 51.1 Å². The van der Waals surface area contributed by atoms with Crippen LogP contribution < -0.4 is 4.74 Å². The highest BCUT2D eigenvalue weighted by Crippen LogP contribution is 2.46. The predicted octanol–water partition coefficient (Wildman–Crippen LogP) is 6.86. The molecule has 210 valence electrons. The molecule has 1 unspecified atom stereocenters.